The largest absolute Gasteiger partial charge is 0.494 e. The van der Waals surface area contributed by atoms with Gasteiger partial charge in [-0.15, -0.1) is 0 Å². The van der Waals surface area contributed by atoms with Crippen LogP contribution in [0.1, 0.15) is 6.42 Å². The fraction of sp³-hybridized carbons (Fsp3) is 0.200. The van der Waals surface area contributed by atoms with Gasteiger partial charge in [0.25, 0.3) is 0 Å². The van der Waals surface area contributed by atoms with Crippen molar-refractivity contribution in [3.63, 3.8) is 0 Å². The second-order valence-corrected chi connectivity index (χ2v) is 2.73. The van der Waals surface area contributed by atoms with E-state index in [0.29, 0.717) is 5.69 Å². The topological polar surface area (TPSA) is 62.1 Å². The fourth-order valence-corrected chi connectivity index (χ4v) is 1.01. The van der Waals surface area contributed by atoms with Crippen LogP contribution in [0.15, 0.2) is 18.2 Å². The van der Waals surface area contributed by atoms with Crippen LogP contribution in [-0.2, 0) is 4.79 Å². The predicted octanol–water partition coefficient (Wildman–Crippen LogP) is 1.69. The van der Waals surface area contributed by atoms with Crippen molar-refractivity contribution in [1.82, 2.24) is 0 Å². The Bertz CT molecular complexity index is 412. The average molecular weight is 208 g/mol. The Morgan fingerprint density at radius 2 is 2.40 bits per heavy atom. The highest BCUT2D eigenvalue weighted by molar-refractivity contribution is 5.92. The third kappa shape index (κ3) is 2.95. The molecule has 1 amide bonds. The van der Waals surface area contributed by atoms with Gasteiger partial charge in [0.05, 0.1) is 13.2 Å². The van der Waals surface area contributed by atoms with Gasteiger partial charge in [0.15, 0.2) is 11.6 Å². The van der Waals surface area contributed by atoms with Gasteiger partial charge in [-0.3, -0.25) is 4.79 Å². The quantitative estimate of drug-likeness (QED) is 0.822. The molecule has 0 unspecified atom stereocenters. The molecule has 1 aromatic carbocycles. The van der Waals surface area contributed by atoms with E-state index in [-0.39, 0.29) is 12.2 Å². The zero-order valence-electron chi connectivity index (χ0n) is 8.08. The standard InChI is InChI=1S/C10H9FN2O2/c1-15-9-6-7(2-3-8(9)11)13-10(14)4-5-12/h2-3,6H,4H2,1H3,(H,13,14). The van der Waals surface area contributed by atoms with Crippen LogP contribution in [0.3, 0.4) is 0 Å². The smallest absolute Gasteiger partial charge is 0.238 e. The summed E-state index contributed by atoms with van der Waals surface area (Å²) in [7, 11) is 1.33. The van der Waals surface area contributed by atoms with E-state index in [0.717, 1.165) is 0 Å². The first-order valence-electron chi connectivity index (χ1n) is 4.17. The Kier molecular flexibility index (Phi) is 3.63. The average Bonchev–Trinajstić information content (AvgIpc) is 2.21. The molecule has 0 saturated heterocycles. The number of carbonyl (C=O) groups is 1. The van der Waals surface area contributed by atoms with Gasteiger partial charge >= 0.3 is 0 Å². The summed E-state index contributed by atoms with van der Waals surface area (Å²) in [4.78, 5) is 11.0. The zero-order valence-corrected chi connectivity index (χ0v) is 8.08. The first kappa shape index (κ1) is 11.0. The van der Waals surface area contributed by atoms with Crippen molar-refractivity contribution in [3.05, 3.63) is 24.0 Å². The van der Waals surface area contributed by atoms with Crippen LogP contribution in [0.5, 0.6) is 5.75 Å². The minimum absolute atomic E-state index is 0.0461. The highest BCUT2D eigenvalue weighted by Gasteiger charge is 2.05. The van der Waals surface area contributed by atoms with Crippen LogP contribution in [0, 0.1) is 17.1 Å². The van der Waals surface area contributed by atoms with Crippen LogP contribution in [0.2, 0.25) is 0 Å². The van der Waals surface area contributed by atoms with E-state index in [1.165, 1.54) is 25.3 Å². The number of hydrogen-bond donors (Lipinski definition) is 1. The molecule has 4 nitrogen and oxygen atoms in total. The monoisotopic (exact) mass is 208 g/mol. The molecule has 0 aliphatic carbocycles. The summed E-state index contributed by atoms with van der Waals surface area (Å²) in [6, 6.07) is 5.64. The summed E-state index contributed by atoms with van der Waals surface area (Å²) in [6.07, 6.45) is -0.236. The number of rotatable bonds is 3. The van der Waals surface area contributed by atoms with Crippen molar-refractivity contribution in [2.75, 3.05) is 12.4 Å². The molecule has 0 bridgehead atoms. The van der Waals surface area contributed by atoms with Gasteiger partial charge in [-0.1, -0.05) is 0 Å². The van der Waals surface area contributed by atoms with Gasteiger partial charge in [-0.25, -0.2) is 4.39 Å². The molecule has 0 heterocycles. The fourth-order valence-electron chi connectivity index (χ4n) is 1.01. The van der Waals surface area contributed by atoms with Crippen molar-refractivity contribution in [3.8, 4) is 11.8 Å². The number of halogens is 1. The summed E-state index contributed by atoms with van der Waals surface area (Å²) >= 11 is 0. The summed E-state index contributed by atoms with van der Waals surface area (Å²) in [6.45, 7) is 0. The Labute approximate surface area is 86.3 Å². The number of hydrogen-bond acceptors (Lipinski definition) is 3. The molecule has 1 rings (SSSR count). The number of methoxy groups -OCH3 is 1. The molecule has 0 aliphatic heterocycles. The third-order valence-corrected chi connectivity index (χ3v) is 1.67. The molecule has 78 valence electrons. The molecule has 0 fully saturated rings. The second kappa shape index (κ2) is 4.96. The van der Waals surface area contributed by atoms with Gasteiger partial charge in [0.1, 0.15) is 6.42 Å². The summed E-state index contributed by atoms with van der Waals surface area (Å²) in [5, 5.41) is 10.7. The first-order valence-corrected chi connectivity index (χ1v) is 4.17. The molecule has 0 saturated carbocycles. The van der Waals surface area contributed by atoms with Crippen LogP contribution in [-0.4, -0.2) is 13.0 Å². The second-order valence-electron chi connectivity index (χ2n) is 2.73. The van der Waals surface area contributed by atoms with Gasteiger partial charge < -0.3 is 10.1 Å². The summed E-state index contributed by atoms with van der Waals surface area (Å²) in [5.41, 5.74) is 0.397. The van der Waals surface area contributed by atoms with E-state index in [2.05, 4.69) is 5.32 Å². The Morgan fingerprint density at radius 1 is 1.67 bits per heavy atom. The normalized spacial score (nSPS) is 9.13. The van der Waals surface area contributed by atoms with Crippen LogP contribution >= 0.6 is 0 Å². The van der Waals surface area contributed by atoms with Crippen molar-refractivity contribution >= 4 is 11.6 Å². The molecule has 0 aliphatic rings. The molecule has 1 aromatic rings. The molecule has 0 aromatic heterocycles. The summed E-state index contributed by atoms with van der Waals surface area (Å²) < 4.78 is 17.7. The van der Waals surface area contributed by atoms with E-state index in [4.69, 9.17) is 10.00 Å². The number of benzene rings is 1. The number of ether oxygens (including phenoxy) is 1. The highest BCUT2D eigenvalue weighted by atomic mass is 19.1. The lowest BCUT2D eigenvalue weighted by Crippen LogP contribution is -2.10. The highest BCUT2D eigenvalue weighted by Crippen LogP contribution is 2.21. The minimum Gasteiger partial charge on any atom is -0.494 e. The van der Waals surface area contributed by atoms with E-state index < -0.39 is 11.7 Å². The molecular weight excluding hydrogens is 199 g/mol. The minimum atomic E-state index is -0.504. The maximum absolute atomic E-state index is 13.0. The maximum Gasteiger partial charge on any atom is 0.238 e. The number of nitrogens with one attached hydrogen (secondary N) is 1. The van der Waals surface area contributed by atoms with Crippen molar-refractivity contribution in [1.29, 1.82) is 5.26 Å². The Hall–Kier alpha value is -2.09. The number of anilines is 1. The lowest BCUT2D eigenvalue weighted by Gasteiger charge is -2.06. The van der Waals surface area contributed by atoms with E-state index >= 15 is 0 Å². The maximum atomic E-state index is 13.0. The number of amides is 1. The molecule has 0 atom stereocenters. The molecule has 0 spiro atoms. The number of nitriles is 1. The van der Waals surface area contributed by atoms with Crippen molar-refractivity contribution < 1.29 is 13.9 Å². The molecule has 0 radical (unpaired) electrons. The Morgan fingerprint density at radius 3 is 3.00 bits per heavy atom. The lowest BCUT2D eigenvalue weighted by molar-refractivity contribution is -0.115. The molecule has 5 heteroatoms. The van der Waals surface area contributed by atoms with Gasteiger partial charge in [0, 0.05) is 11.8 Å². The van der Waals surface area contributed by atoms with Crippen LogP contribution < -0.4 is 10.1 Å². The molecule has 15 heavy (non-hydrogen) atoms. The van der Waals surface area contributed by atoms with Crippen molar-refractivity contribution in [2.45, 2.75) is 6.42 Å². The van der Waals surface area contributed by atoms with Crippen LogP contribution in [0.4, 0.5) is 10.1 Å². The molecule has 1 N–H and O–H groups in total. The van der Waals surface area contributed by atoms with E-state index in [1.54, 1.807) is 6.07 Å². The zero-order chi connectivity index (χ0) is 11.3. The van der Waals surface area contributed by atoms with Crippen molar-refractivity contribution in [2.24, 2.45) is 0 Å². The summed E-state index contributed by atoms with van der Waals surface area (Å²) in [5.74, 6) is -0.897. The van der Waals surface area contributed by atoms with Crippen LogP contribution in [0.25, 0.3) is 0 Å². The first-order chi connectivity index (χ1) is 7.17. The lowest BCUT2D eigenvalue weighted by atomic mass is 10.3. The van der Waals surface area contributed by atoms with E-state index in [1.807, 2.05) is 0 Å². The van der Waals surface area contributed by atoms with E-state index in [9.17, 15) is 9.18 Å². The van der Waals surface area contributed by atoms with Gasteiger partial charge in [0.2, 0.25) is 5.91 Å². The SMILES string of the molecule is COc1cc(NC(=O)CC#N)ccc1F. The Balaban J connectivity index is 2.79. The predicted molar refractivity (Wildman–Crippen MR) is 51.8 cm³/mol. The van der Waals surface area contributed by atoms with Gasteiger partial charge in [-0.2, -0.15) is 5.26 Å². The van der Waals surface area contributed by atoms with Gasteiger partial charge in [-0.05, 0) is 12.1 Å². The number of nitrogens with zero attached hydrogens (tertiary/aromatic N) is 1. The molecular formula is C10H9FN2O2. The number of carbonyl (C=O) groups excluding carboxylic acids is 1. The third-order valence-electron chi connectivity index (χ3n) is 1.67.